The Morgan fingerprint density at radius 1 is 0.966 bits per heavy atom. The van der Waals surface area contributed by atoms with Crippen molar-refractivity contribution >= 4 is 32.9 Å². The zero-order valence-corrected chi connectivity index (χ0v) is 16.1. The molecule has 0 unspecified atom stereocenters. The largest absolute Gasteiger partial charge is 0.264 e. The molecule has 0 aliphatic heterocycles. The van der Waals surface area contributed by atoms with Crippen LogP contribution >= 0.6 is 11.3 Å². The molecule has 0 fully saturated rings. The molecular formula is C22H16N6S. The van der Waals surface area contributed by atoms with E-state index in [4.69, 9.17) is 5.10 Å². The van der Waals surface area contributed by atoms with Gasteiger partial charge in [-0.3, -0.25) is 10.4 Å². The SMILES string of the molecule is C(=NNc1nc2ccccc2s1)c1cn(-c2ccccc2)nc1-c1cccnc1. The molecule has 5 rings (SSSR count). The number of nitrogens with one attached hydrogen (secondary N) is 1. The van der Waals surface area contributed by atoms with Gasteiger partial charge in [0.1, 0.15) is 5.69 Å². The van der Waals surface area contributed by atoms with Crippen LogP contribution in [0.25, 0.3) is 27.2 Å². The molecule has 0 aliphatic rings. The van der Waals surface area contributed by atoms with Crippen molar-refractivity contribution in [2.45, 2.75) is 0 Å². The third-order valence-electron chi connectivity index (χ3n) is 4.36. The first-order valence-electron chi connectivity index (χ1n) is 9.07. The van der Waals surface area contributed by atoms with E-state index in [2.05, 4.69) is 20.5 Å². The maximum absolute atomic E-state index is 4.76. The van der Waals surface area contributed by atoms with Crippen LogP contribution in [0.4, 0.5) is 5.13 Å². The van der Waals surface area contributed by atoms with Gasteiger partial charge in [-0.2, -0.15) is 10.2 Å². The van der Waals surface area contributed by atoms with Crippen LogP contribution in [0.3, 0.4) is 0 Å². The molecule has 29 heavy (non-hydrogen) atoms. The van der Waals surface area contributed by atoms with Gasteiger partial charge >= 0.3 is 0 Å². The van der Waals surface area contributed by atoms with Crippen molar-refractivity contribution < 1.29 is 0 Å². The highest BCUT2D eigenvalue weighted by Gasteiger charge is 2.11. The number of aromatic nitrogens is 4. The lowest BCUT2D eigenvalue weighted by Crippen LogP contribution is -1.94. The second kappa shape index (κ2) is 7.65. The number of hydrazone groups is 1. The highest BCUT2D eigenvalue weighted by atomic mass is 32.1. The van der Waals surface area contributed by atoms with E-state index < -0.39 is 0 Å². The highest BCUT2D eigenvalue weighted by molar-refractivity contribution is 7.22. The molecular weight excluding hydrogens is 380 g/mol. The number of fused-ring (bicyclic) bond motifs is 1. The molecule has 0 aliphatic carbocycles. The van der Waals surface area contributed by atoms with Gasteiger partial charge < -0.3 is 0 Å². The Morgan fingerprint density at radius 3 is 2.66 bits per heavy atom. The smallest absolute Gasteiger partial charge is 0.204 e. The van der Waals surface area contributed by atoms with Gasteiger partial charge in [0.2, 0.25) is 5.13 Å². The summed E-state index contributed by atoms with van der Waals surface area (Å²) in [6.45, 7) is 0. The van der Waals surface area contributed by atoms with Crippen molar-refractivity contribution in [3.63, 3.8) is 0 Å². The lowest BCUT2D eigenvalue weighted by molar-refractivity contribution is 0.884. The number of para-hydroxylation sites is 2. The van der Waals surface area contributed by atoms with Gasteiger partial charge in [0.05, 0.1) is 22.1 Å². The van der Waals surface area contributed by atoms with Crippen molar-refractivity contribution in [2.75, 3.05) is 5.43 Å². The van der Waals surface area contributed by atoms with Crippen LogP contribution in [0.2, 0.25) is 0 Å². The maximum atomic E-state index is 4.76. The minimum atomic E-state index is 0.751. The van der Waals surface area contributed by atoms with Gasteiger partial charge in [0, 0.05) is 29.7 Å². The average Bonchev–Trinajstić information content (AvgIpc) is 3.39. The van der Waals surface area contributed by atoms with Crippen LogP contribution in [0.15, 0.2) is 90.4 Å². The number of rotatable bonds is 5. The minimum Gasteiger partial charge on any atom is -0.264 e. The lowest BCUT2D eigenvalue weighted by atomic mass is 10.1. The van der Waals surface area contributed by atoms with Crippen molar-refractivity contribution in [2.24, 2.45) is 5.10 Å². The molecule has 1 N–H and O–H groups in total. The molecule has 0 spiro atoms. The normalized spacial score (nSPS) is 11.3. The Morgan fingerprint density at radius 2 is 1.83 bits per heavy atom. The van der Waals surface area contributed by atoms with Crippen molar-refractivity contribution in [3.05, 3.63) is 90.9 Å². The summed E-state index contributed by atoms with van der Waals surface area (Å²) in [6.07, 6.45) is 7.28. The molecule has 0 bridgehead atoms. The first-order chi connectivity index (χ1) is 14.4. The fourth-order valence-corrected chi connectivity index (χ4v) is 3.81. The number of hydrogen-bond acceptors (Lipinski definition) is 6. The zero-order valence-electron chi connectivity index (χ0n) is 15.3. The molecule has 0 saturated carbocycles. The van der Waals surface area contributed by atoms with Gasteiger partial charge in [0.15, 0.2) is 0 Å². The molecule has 7 heteroatoms. The van der Waals surface area contributed by atoms with Gasteiger partial charge in [0.25, 0.3) is 0 Å². The molecule has 0 amide bonds. The van der Waals surface area contributed by atoms with Crippen LogP contribution in [0.5, 0.6) is 0 Å². The quantitative estimate of drug-likeness (QED) is 0.336. The van der Waals surface area contributed by atoms with Gasteiger partial charge in [-0.25, -0.2) is 9.67 Å². The Kier molecular flexibility index (Phi) is 4.56. The second-order valence-corrected chi connectivity index (χ2v) is 7.34. The molecule has 140 valence electrons. The average molecular weight is 396 g/mol. The predicted octanol–water partition coefficient (Wildman–Crippen LogP) is 4.99. The monoisotopic (exact) mass is 396 g/mol. The summed E-state index contributed by atoms with van der Waals surface area (Å²) in [5, 5.41) is 9.91. The molecule has 0 saturated heterocycles. The van der Waals surface area contributed by atoms with Gasteiger partial charge in [-0.15, -0.1) is 0 Å². The third-order valence-corrected chi connectivity index (χ3v) is 5.30. The predicted molar refractivity (Wildman–Crippen MR) is 118 cm³/mol. The summed E-state index contributed by atoms with van der Waals surface area (Å²) in [6, 6.07) is 21.9. The number of nitrogens with zero attached hydrogens (tertiary/aromatic N) is 5. The molecule has 3 heterocycles. The van der Waals surface area contributed by atoms with Crippen LogP contribution in [0.1, 0.15) is 5.56 Å². The van der Waals surface area contributed by atoms with E-state index in [9.17, 15) is 0 Å². The fourth-order valence-electron chi connectivity index (χ4n) is 3.00. The zero-order chi connectivity index (χ0) is 19.5. The van der Waals surface area contributed by atoms with Crippen LogP contribution < -0.4 is 5.43 Å². The third kappa shape index (κ3) is 3.63. The van der Waals surface area contributed by atoms with Crippen LogP contribution in [-0.4, -0.2) is 26.0 Å². The van der Waals surface area contributed by atoms with Crippen molar-refractivity contribution in [1.82, 2.24) is 19.7 Å². The molecule has 3 aromatic heterocycles. The Hall–Kier alpha value is -3.84. The summed E-state index contributed by atoms with van der Waals surface area (Å²) in [7, 11) is 0. The van der Waals surface area contributed by atoms with Gasteiger partial charge in [-0.05, 0) is 36.4 Å². The highest BCUT2D eigenvalue weighted by Crippen LogP contribution is 2.26. The summed E-state index contributed by atoms with van der Waals surface area (Å²) >= 11 is 1.57. The fraction of sp³-hybridized carbons (Fsp3) is 0. The number of thiazole rings is 1. The van der Waals surface area contributed by atoms with Crippen molar-refractivity contribution in [1.29, 1.82) is 0 Å². The van der Waals surface area contributed by atoms with Crippen molar-refractivity contribution in [3.8, 4) is 16.9 Å². The molecule has 5 aromatic rings. The standard InChI is InChI=1S/C22H16N6S/c1-2-8-18(9-3-1)28-15-17(21(27-28)16-7-6-12-23-13-16)14-24-26-22-25-19-10-4-5-11-20(19)29-22/h1-15H,(H,25,26). The Balaban J connectivity index is 1.47. The molecule has 0 atom stereocenters. The molecule has 0 radical (unpaired) electrons. The minimum absolute atomic E-state index is 0.751. The van der Waals surface area contributed by atoms with Gasteiger partial charge in [-0.1, -0.05) is 41.7 Å². The molecule has 6 nitrogen and oxygen atoms in total. The van der Waals surface area contributed by atoms with E-state index in [-0.39, 0.29) is 0 Å². The van der Waals surface area contributed by atoms with E-state index in [0.717, 1.165) is 37.9 Å². The molecule has 2 aromatic carbocycles. The topological polar surface area (TPSA) is 68.0 Å². The van der Waals surface area contributed by atoms with Crippen LogP contribution in [-0.2, 0) is 0 Å². The second-order valence-electron chi connectivity index (χ2n) is 6.31. The number of pyridine rings is 1. The summed E-state index contributed by atoms with van der Waals surface area (Å²) in [4.78, 5) is 8.76. The van der Waals surface area contributed by atoms with Crippen LogP contribution in [0, 0.1) is 0 Å². The lowest BCUT2D eigenvalue weighted by Gasteiger charge is -1.99. The maximum Gasteiger partial charge on any atom is 0.204 e. The van der Waals surface area contributed by atoms with E-state index in [1.54, 1.807) is 29.9 Å². The number of benzene rings is 2. The Labute approximate surface area is 171 Å². The summed E-state index contributed by atoms with van der Waals surface area (Å²) < 4.78 is 2.97. The van der Waals surface area contributed by atoms with E-state index >= 15 is 0 Å². The van der Waals surface area contributed by atoms with E-state index in [1.165, 1.54) is 0 Å². The summed E-state index contributed by atoms with van der Waals surface area (Å²) in [5.74, 6) is 0. The first-order valence-corrected chi connectivity index (χ1v) is 9.88. The van der Waals surface area contributed by atoms with E-state index in [0.29, 0.717) is 0 Å². The number of anilines is 1. The Bertz CT molecular complexity index is 1240. The first kappa shape index (κ1) is 17.3. The van der Waals surface area contributed by atoms with E-state index in [1.807, 2.05) is 77.6 Å². The summed E-state index contributed by atoms with van der Waals surface area (Å²) in [5.41, 5.74) is 7.61. The number of hydrogen-bond donors (Lipinski definition) is 1.